The first kappa shape index (κ1) is 63.8. The molecule has 0 rings (SSSR count). The molecule has 0 aliphatic heterocycles. The topological polar surface area (TPSA) is 78.9 Å². The third kappa shape index (κ3) is 53.7. The van der Waals surface area contributed by atoms with Crippen molar-refractivity contribution in [1.29, 1.82) is 0 Å². The molecule has 0 fully saturated rings. The monoisotopic (exact) mass is 935 g/mol. The molecule has 0 bridgehead atoms. The van der Waals surface area contributed by atoms with Gasteiger partial charge in [-0.1, -0.05) is 241 Å². The summed E-state index contributed by atoms with van der Waals surface area (Å²) in [5.41, 5.74) is 0. The smallest absolute Gasteiger partial charge is 0.306 e. The summed E-state index contributed by atoms with van der Waals surface area (Å²) < 4.78 is 16.8. The number of esters is 3. The van der Waals surface area contributed by atoms with Crippen LogP contribution in [0.25, 0.3) is 0 Å². The molecule has 0 heterocycles. The molecule has 6 nitrogen and oxygen atoms in total. The maximum Gasteiger partial charge on any atom is 0.306 e. The first-order valence-corrected chi connectivity index (χ1v) is 28.5. The summed E-state index contributed by atoms with van der Waals surface area (Å²) in [6, 6.07) is 0. The molecule has 6 heteroatoms. The van der Waals surface area contributed by atoms with Crippen molar-refractivity contribution in [2.45, 2.75) is 284 Å². The lowest BCUT2D eigenvalue weighted by molar-refractivity contribution is -0.166. The molecule has 0 saturated carbocycles. The number of ether oxygens (including phenoxy) is 3. The van der Waals surface area contributed by atoms with E-state index in [0.717, 1.165) is 89.9 Å². The zero-order valence-corrected chi connectivity index (χ0v) is 44.2. The van der Waals surface area contributed by atoms with Gasteiger partial charge < -0.3 is 14.2 Å². The van der Waals surface area contributed by atoms with Gasteiger partial charge in [0.1, 0.15) is 13.2 Å². The molecule has 0 saturated heterocycles. The fourth-order valence-corrected chi connectivity index (χ4v) is 7.89. The lowest BCUT2D eigenvalue weighted by Crippen LogP contribution is -2.30. The van der Waals surface area contributed by atoms with E-state index < -0.39 is 6.10 Å². The molecular formula is C61H106O6. The number of unbranched alkanes of at least 4 members (excludes halogenated alkanes) is 30. The Bertz CT molecular complexity index is 1260. The van der Waals surface area contributed by atoms with Crippen molar-refractivity contribution in [2.24, 2.45) is 0 Å². The highest BCUT2D eigenvalue weighted by molar-refractivity contribution is 5.71. The summed E-state index contributed by atoms with van der Waals surface area (Å²) in [7, 11) is 0. The summed E-state index contributed by atoms with van der Waals surface area (Å²) in [6.07, 6.45) is 70.5. The zero-order valence-electron chi connectivity index (χ0n) is 44.2. The van der Waals surface area contributed by atoms with Crippen LogP contribution in [0.5, 0.6) is 0 Å². The normalized spacial score (nSPS) is 12.6. The Morgan fingerprint density at radius 3 is 1.00 bits per heavy atom. The van der Waals surface area contributed by atoms with Crippen LogP contribution in [0.3, 0.4) is 0 Å². The molecule has 0 aliphatic rings. The molecule has 0 radical (unpaired) electrons. The molecule has 386 valence electrons. The lowest BCUT2D eigenvalue weighted by atomic mass is 10.1. The SMILES string of the molecule is CCCCCCCC/C=C/C/C=C/CCC(=O)OCC(COC(=O)CCCCCCC/C=C/C=C/CCCCCCCCC)OC(=O)CCCCCCC/C=C/C=C/CCCCCCCCC. The van der Waals surface area contributed by atoms with Crippen LogP contribution in [0, 0.1) is 0 Å². The number of carbonyl (C=O) groups is 3. The van der Waals surface area contributed by atoms with Gasteiger partial charge in [0.05, 0.1) is 0 Å². The Morgan fingerprint density at radius 2 is 0.612 bits per heavy atom. The Labute approximate surface area is 414 Å². The molecule has 1 atom stereocenters. The summed E-state index contributed by atoms with van der Waals surface area (Å²) in [4.78, 5) is 38.1. The maximum atomic E-state index is 12.8. The van der Waals surface area contributed by atoms with Gasteiger partial charge in [-0.2, -0.15) is 0 Å². The standard InChI is InChI=1S/C61H106O6/c1-4-7-10-13-16-19-22-25-27-29-31-33-36-39-42-45-48-51-54-60(63)66-57-58(56-65-59(62)53-50-47-44-41-38-35-24-21-18-15-12-9-6-3)67-61(64)55-52-49-46-43-40-37-34-32-30-28-26-23-20-17-14-11-8-5-2/h27-35,38,44,47,58H,4-26,36-37,39-43,45-46,48-57H2,1-3H3/b29-27+,30-28+,33-31+,34-32+,38-35+,47-44+. The Balaban J connectivity index is 4.47. The van der Waals surface area contributed by atoms with Crippen LogP contribution < -0.4 is 0 Å². The van der Waals surface area contributed by atoms with E-state index >= 15 is 0 Å². The van der Waals surface area contributed by atoms with Crippen molar-refractivity contribution in [2.75, 3.05) is 13.2 Å². The third-order valence-corrected chi connectivity index (χ3v) is 12.2. The predicted octanol–water partition coefficient (Wildman–Crippen LogP) is 19.0. The van der Waals surface area contributed by atoms with Crippen molar-refractivity contribution in [3.8, 4) is 0 Å². The highest BCUT2D eigenvalue weighted by atomic mass is 16.6. The van der Waals surface area contributed by atoms with E-state index in [0.29, 0.717) is 19.3 Å². The van der Waals surface area contributed by atoms with Gasteiger partial charge >= 0.3 is 17.9 Å². The van der Waals surface area contributed by atoms with E-state index in [9.17, 15) is 14.4 Å². The second-order valence-corrected chi connectivity index (χ2v) is 18.9. The summed E-state index contributed by atoms with van der Waals surface area (Å²) in [5, 5.41) is 0. The average Bonchev–Trinajstić information content (AvgIpc) is 3.33. The van der Waals surface area contributed by atoms with Crippen molar-refractivity contribution in [1.82, 2.24) is 0 Å². The molecule has 0 aromatic carbocycles. The predicted molar refractivity (Wildman–Crippen MR) is 288 cm³/mol. The van der Waals surface area contributed by atoms with Gasteiger partial charge in [0, 0.05) is 19.3 Å². The van der Waals surface area contributed by atoms with Crippen molar-refractivity contribution in [3.05, 3.63) is 72.9 Å². The number of hydrogen-bond donors (Lipinski definition) is 0. The van der Waals surface area contributed by atoms with E-state index in [1.165, 1.54) is 141 Å². The summed E-state index contributed by atoms with van der Waals surface area (Å²) >= 11 is 0. The number of allylic oxidation sites excluding steroid dienone is 12. The van der Waals surface area contributed by atoms with E-state index in [-0.39, 0.29) is 37.5 Å². The van der Waals surface area contributed by atoms with Gasteiger partial charge in [-0.05, 0) is 89.9 Å². The van der Waals surface area contributed by atoms with Gasteiger partial charge in [0.25, 0.3) is 0 Å². The van der Waals surface area contributed by atoms with Crippen LogP contribution >= 0.6 is 0 Å². The maximum absolute atomic E-state index is 12.8. The van der Waals surface area contributed by atoms with Crippen molar-refractivity contribution in [3.63, 3.8) is 0 Å². The molecule has 0 aliphatic carbocycles. The van der Waals surface area contributed by atoms with Gasteiger partial charge in [0.15, 0.2) is 6.10 Å². The number of rotatable bonds is 51. The molecular weight excluding hydrogens is 829 g/mol. The summed E-state index contributed by atoms with van der Waals surface area (Å²) in [5.74, 6) is -1.000. The first-order chi connectivity index (χ1) is 33.0. The minimum Gasteiger partial charge on any atom is -0.462 e. The van der Waals surface area contributed by atoms with Crippen LogP contribution in [0.1, 0.15) is 278 Å². The van der Waals surface area contributed by atoms with Gasteiger partial charge in [-0.15, -0.1) is 0 Å². The fourth-order valence-electron chi connectivity index (χ4n) is 7.89. The van der Waals surface area contributed by atoms with Gasteiger partial charge in [0.2, 0.25) is 0 Å². The third-order valence-electron chi connectivity index (χ3n) is 12.2. The molecule has 0 aromatic heterocycles. The van der Waals surface area contributed by atoms with Gasteiger partial charge in [-0.3, -0.25) is 14.4 Å². The Kier molecular flexibility index (Phi) is 52.8. The van der Waals surface area contributed by atoms with Crippen LogP contribution in [-0.2, 0) is 28.6 Å². The Hall–Kier alpha value is -3.15. The van der Waals surface area contributed by atoms with Crippen molar-refractivity contribution >= 4 is 17.9 Å². The van der Waals surface area contributed by atoms with E-state index in [4.69, 9.17) is 14.2 Å². The van der Waals surface area contributed by atoms with Crippen LogP contribution in [0.15, 0.2) is 72.9 Å². The highest BCUT2D eigenvalue weighted by Crippen LogP contribution is 2.14. The highest BCUT2D eigenvalue weighted by Gasteiger charge is 2.19. The molecule has 0 N–H and O–H groups in total. The summed E-state index contributed by atoms with van der Waals surface area (Å²) in [6.45, 7) is 6.56. The van der Waals surface area contributed by atoms with E-state index in [2.05, 4.69) is 87.6 Å². The second-order valence-electron chi connectivity index (χ2n) is 18.9. The van der Waals surface area contributed by atoms with Crippen LogP contribution in [0.2, 0.25) is 0 Å². The minimum atomic E-state index is -0.813. The number of carbonyl (C=O) groups excluding carboxylic acids is 3. The first-order valence-electron chi connectivity index (χ1n) is 28.5. The molecule has 1 unspecified atom stereocenters. The van der Waals surface area contributed by atoms with Crippen LogP contribution in [0.4, 0.5) is 0 Å². The van der Waals surface area contributed by atoms with E-state index in [1.54, 1.807) is 0 Å². The Morgan fingerprint density at radius 1 is 0.313 bits per heavy atom. The van der Waals surface area contributed by atoms with Gasteiger partial charge in [-0.25, -0.2) is 0 Å². The van der Waals surface area contributed by atoms with Crippen LogP contribution in [-0.4, -0.2) is 37.2 Å². The second kappa shape index (κ2) is 55.4. The van der Waals surface area contributed by atoms with E-state index in [1.807, 2.05) is 6.08 Å². The quantitative estimate of drug-likeness (QED) is 0.0199. The zero-order chi connectivity index (χ0) is 48.6. The lowest BCUT2D eigenvalue weighted by Gasteiger charge is -2.18. The fraction of sp³-hybridized carbons (Fsp3) is 0.754. The largest absolute Gasteiger partial charge is 0.462 e. The average molecular weight is 936 g/mol. The molecule has 0 spiro atoms. The molecule has 67 heavy (non-hydrogen) atoms. The molecule has 0 amide bonds. The van der Waals surface area contributed by atoms with Crippen molar-refractivity contribution < 1.29 is 28.6 Å². The number of hydrogen-bond acceptors (Lipinski definition) is 6. The molecule has 0 aromatic rings. The minimum absolute atomic E-state index is 0.107.